The number of hydrogen-bond donors (Lipinski definition) is 0. The van der Waals surface area contributed by atoms with Crippen molar-refractivity contribution in [3.63, 3.8) is 0 Å². The predicted octanol–water partition coefficient (Wildman–Crippen LogP) is 5.55. The van der Waals surface area contributed by atoms with Crippen LogP contribution in [0.3, 0.4) is 0 Å². The monoisotopic (exact) mass is 438 g/mol. The molecule has 0 spiro atoms. The predicted molar refractivity (Wildman–Crippen MR) is 91.6 cm³/mol. The van der Waals surface area contributed by atoms with Crippen molar-refractivity contribution in [2.24, 2.45) is 0 Å². The molecule has 0 aliphatic rings. The van der Waals surface area contributed by atoms with Crippen molar-refractivity contribution in [3.05, 3.63) is 18.1 Å². The van der Waals surface area contributed by atoms with Crippen LogP contribution in [0.5, 0.6) is 0 Å². The molecule has 0 amide bonds. The molecule has 2 nitrogen and oxygen atoms in total. The van der Waals surface area contributed by atoms with Crippen molar-refractivity contribution in [2.75, 3.05) is 0 Å². The summed E-state index contributed by atoms with van der Waals surface area (Å²) < 4.78 is 43.2. The van der Waals surface area contributed by atoms with E-state index in [1.54, 1.807) is 6.07 Å². The molecular weight excluding hydrogens is 408 g/mol. The van der Waals surface area contributed by atoms with E-state index in [1.807, 2.05) is 0 Å². The molecule has 0 saturated carbocycles. The second kappa shape index (κ2) is 9.84. The summed E-state index contributed by atoms with van der Waals surface area (Å²) in [5.41, 5.74) is 0. The van der Waals surface area contributed by atoms with Gasteiger partial charge in [-0.3, -0.25) is 0 Å². The molecule has 0 aliphatic heterocycles. The van der Waals surface area contributed by atoms with Gasteiger partial charge in [-0.15, -0.1) is 0 Å². The van der Waals surface area contributed by atoms with Crippen molar-refractivity contribution in [3.8, 4) is 0 Å². The Hall–Kier alpha value is -0.331. The van der Waals surface area contributed by atoms with Gasteiger partial charge in [0.2, 0.25) is 0 Å². The van der Waals surface area contributed by atoms with Crippen LogP contribution in [0.4, 0.5) is 13.2 Å². The molecule has 1 aromatic heterocycles. The van der Waals surface area contributed by atoms with Crippen LogP contribution in [-0.2, 0) is 6.18 Å². The van der Waals surface area contributed by atoms with Crippen LogP contribution in [-0.4, -0.2) is 28.3 Å². The van der Waals surface area contributed by atoms with E-state index in [0.717, 1.165) is 55.5 Å². The second-order valence-corrected chi connectivity index (χ2v) is 19.4. The summed E-state index contributed by atoms with van der Waals surface area (Å²) in [5, 5.41) is 0. The molecule has 0 radical (unpaired) electrons. The number of nitrogens with zero attached hydrogens (tertiary/aromatic N) is 2. The zero-order valence-corrected chi connectivity index (χ0v) is 17.4. The minimum absolute atomic E-state index is 0.789. The molecule has 6 heteroatoms. The Kier molecular flexibility index (Phi) is 8.86. The van der Waals surface area contributed by atoms with E-state index in [1.165, 1.54) is 6.20 Å². The fourth-order valence-corrected chi connectivity index (χ4v) is 18.5. The topological polar surface area (TPSA) is 25.8 Å². The van der Waals surface area contributed by atoms with Gasteiger partial charge >= 0.3 is 142 Å². The molecule has 1 aromatic rings. The first-order chi connectivity index (χ1) is 10.9. The Morgan fingerprint density at radius 3 is 1.78 bits per heavy atom. The van der Waals surface area contributed by atoms with Gasteiger partial charge in [0.05, 0.1) is 0 Å². The van der Waals surface area contributed by atoms with Crippen LogP contribution in [0, 0.1) is 0 Å². The van der Waals surface area contributed by atoms with Crippen molar-refractivity contribution in [1.29, 1.82) is 0 Å². The van der Waals surface area contributed by atoms with Crippen LogP contribution >= 0.6 is 0 Å². The van der Waals surface area contributed by atoms with Gasteiger partial charge in [0, 0.05) is 0 Å². The Labute approximate surface area is 142 Å². The number of halogens is 3. The van der Waals surface area contributed by atoms with Crippen LogP contribution in [0.25, 0.3) is 0 Å². The van der Waals surface area contributed by atoms with Gasteiger partial charge in [-0.1, -0.05) is 0 Å². The minimum atomic E-state index is -4.45. The molecule has 23 heavy (non-hydrogen) atoms. The summed E-state index contributed by atoms with van der Waals surface area (Å²) in [5.74, 6) is -0.958. The van der Waals surface area contributed by atoms with Gasteiger partial charge in [0.25, 0.3) is 0 Å². The van der Waals surface area contributed by atoms with Gasteiger partial charge in [-0.2, -0.15) is 0 Å². The first kappa shape index (κ1) is 20.7. The maximum absolute atomic E-state index is 13.0. The molecule has 0 aromatic carbocycles. The Balaban J connectivity index is 3.23. The van der Waals surface area contributed by atoms with E-state index in [9.17, 15) is 13.2 Å². The van der Waals surface area contributed by atoms with E-state index in [0.29, 0.717) is 0 Å². The third-order valence-corrected chi connectivity index (χ3v) is 19.6. The molecule has 132 valence electrons. The van der Waals surface area contributed by atoms with Crippen LogP contribution in [0.1, 0.15) is 65.1 Å². The molecule has 0 saturated heterocycles. The van der Waals surface area contributed by atoms with Crippen LogP contribution in [0.15, 0.2) is 12.3 Å². The molecule has 0 N–H and O–H groups in total. The first-order valence-corrected chi connectivity index (χ1v) is 16.3. The third kappa shape index (κ3) is 6.23. The molecule has 0 unspecified atom stereocenters. The molecule has 0 bridgehead atoms. The Morgan fingerprint density at radius 2 is 1.39 bits per heavy atom. The van der Waals surface area contributed by atoms with E-state index in [2.05, 4.69) is 30.7 Å². The number of aromatic nitrogens is 2. The maximum atomic E-state index is 13.0. The number of alkyl halides is 3. The fraction of sp³-hybridized carbons (Fsp3) is 0.765. The number of hydrogen-bond acceptors (Lipinski definition) is 2. The van der Waals surface area contributed by atoms with Crippen molar-refractivity contribution >= 4 is 22.1 Å². The molecule has 0 aliphatic carbocycles. The van der Waals surface area contributed by atoms with Gasteiger partial charge in [-0.05, 0) is 0 Å². The van der Waals surface area contributed by atoms with Gasteiger partial charge in [0.15, 0.2) is 0 Å². The summed E-state index contributed by atoms with van der Waals surface area (Å²) >= 11 is -2.89. The van der Waals surface area contributed by atoms with E-state index < -0.39 is 30.4 Å². The van der Waals surface area contributed by atoms with Crippen molar-refractivity contribution in [2.45, 2.75) is 78.8 Å². The average Bonchev–Trinajstić information content (AvgIpc) is 2.54. The summed E-state index contributed by atoms with van der Waals surface area (Å²) in [6, 6.07) is 1.78. The average molecular weight is 437 g/mol. The van der Waals surface area contributed by atoms with Crippen LogP contribution in [0.2, 0.25) is 13.3 Å². The number of rotatable bonds is 10. The summed E-state index contributed by atoms with van der Waals surface area (Å²) in [7, 11) is 0. The van der Waals surface area contributed by atoms with Crippen LogP contribution < -0.4 is 3.71 Å². The first-order valence-electron chi connectivity index (χ1n) is 8.80. The summed E-state index contributed by atoms with van der Waals surface area (Å²) in [4.78, 5) is 7.49. The van der Waals surface area contributed by atoms with E-state index >= 15 is 0 Å². The molecular formula is C17H29F3N2Sn. The third-order valence-electron chi connectivity index (χ3n) is 4.48. The second-order valence-electron chi connectivity index (χ2n) is 6.35. The van der Waals surface area contributed by atoms with Gasteiger partial charge in [0.1, 0.15) is 0 Å². The fourth-order valence-electron chi connectivity index (χ4n) is 3.10. The zero-order valence-electron chi connectivity index (χ0n) is 14.5. The molecule has 1 heterocycles. The van der Waals surface area contributed by atoms with Crippen molar-refractivity contribution < 1.29 is 13.2 Å². The summed E-state index contributed by atoms with van der Waals surface area (Å²) in [6.45, 7) is 6.45. The van der Waals surface area contributed by atoms with E-state index in [4.69, 9.17) is 0 Å². The zero-order chi connectivity index (χ0) is 17.3. The SMILES string of the molecule is CCC[CH2][Sn]([CH2]CCC)([CH2]CCC)[c]1ccnc(C(F)(F)F)n1. The normalized spacial score (nSPS) is 12.6. The standard InChI is InChI=1S/C5H2F3N2.3C4H9.Sn/c6-5(7,8)4-9-2-1-3-10-4;3*1-3-4-2;/h1-2H;3*1,3-4H2,2H3;. The number of unbranched alkanes of at least 4 members (excludes halogenated alkanes) is 3. The van der Waals surface area contributed by atoms with Crippen molar-refractivity contribution in [1.82, 2.24) is 9.97 Å². The molecule has 0 fully saturated rings. The summed E-state index contributed by atoms with van der Waals surface area (Å²) in [6.07, 6.45) is 3.46. The van der Waals surface area contributed by atoms with Gasteiger partial charge < -0.3 is 0 Å². The van der Waals surface area contributed by atoms with Gasteiger partial charge in [-0.25, -0.2) is 0 Å². The molecule has 1 rings (SSSR count). The van der Waals surface area contributed by atoms with E-state index in [-0.39, 0.29) is 0 Å². The molecule has 0 atom stereocenters. The Morgan fingerprint density at radius 1 is 0.913 bits per heavy atom. The Bertz CT molecular complexity index is 442. The quantitative estimate of drug-likeness (QED) is 0.449.